The third-order valence-electron chi connectivity index (χ3n) is 6.36. The Morgan fingerprint density at radius 3 is 2.62 bits per heavy atom. The number of thiazole rings is 1. The fourth-order valence-corrected chi connectivity index (χ4v) is 5.29. The number of piperidine rings is 1. The van der Waals surface area contributed by atoms with Gasteiger partial charge in [0.1, 0.15) is 22.3 Å². The molecule has 1 fully saturated rings. The molecule has 0 saturated carbocycles. The van der Waals surface area contributed by atoms with Gasteiger partial charge in [-0.15, -0.1) is 0 Å². The number of imide groups is 1. The number of anilines is 4. The van der Waals surface area contributed by atoms with E-state index in [1.807, 2.05) is 43.3 Å². The Hall–Kier alpha value is -4.35. The minimum absolute atomic E-state index is 0.222. The first-order chi connectivity index (χ1) is 19.2. The van der Waals surface area contributed by atoms with Crippen LogP contribution in [0.4, 0.5) is 22.5 Å². The van der Waals surface area contributed by atoms with Crippen LogP contribution in [0.1, 0.15) is 50.9 Å². The van der Waals surface area contributed by atoms with Gasteiger partial charge in [-0.1, -0.05) is 59.3 Å². The third-order valence-corrected chi connectivity index (χ3v) is 7.58. The van der Waals surface area contributed by atoms with Gasteiger partial charge < -0.3 is 16.0 Å². The fraction of sp³-hybridized carbons (Fsp3) is 0.214. The summed E-state index contributed by atoms with van der Waals surface area (Å²) in [6, 6.07) is 14.9. The Balaban J connectivity index is 1.20. The minimum atomic E-state index is -0.310. The molecule has 0 bridgehead atoms. The molecule has 1 aliphatic heterocycles. The lowest BCUT2D eigenvalue weighted by atomic mass is 9.90. The Labute approximate surface area is 239 Å². The number of aromatic nitrogens is 3. The van der Waals surface area contributed by atoms with E-state index >= 15 is 0 Å². The molecule has 40 heavy (non-hydrogen) atoms. The maximum Gasteiger partial charge on any atom is 0.267 e. The molecule has 0 spiro atoms. The first kappa shape index (κ1) is 27.2. The highest BCUT2D eigenvalue weighted by Gasteiger charge is 2.27. The summed E-state index contributed by atoms with van der Waals surface area (Å²) in [4.78, 5) is 49.9. The zero-order valence-electron chi connectivity index (χ0n) is 21.7. The molecule has 1 aliphatic rings. The lowest BCUT2D eigenvalue weighted by Crippen LogP contribution is -2.39. The summed E-state index contributed by atoms with van der Waals surface area (Å²) in [6.07, 6.45) is 2.37. The number of hydrogen-bond donors (Lipinski definition) is 4. The van der Waals surface area contributed by atoms with Crippen LogP contribution in [0.3, 0.4) is 0 Å². The molecular weight excluding hydrogens is 550 g/mol. The van der Waals surface area contributed by atoms with Crippen LogP contribution in [0.15, 0.2) is 54.7 Å². The molecule has 3 amide bonds. The Bertz CT molecular complexity index is 1570. The second-order valence-corrected chi connectivity index (χ2v) is 10.8. The van der Waals surface area contributed by atoms with Crippen molar-refractivity contribution in [3.8, 4) is 0 Å². The van der Waals surface area contributed by atoms with Gasteiger partial charge in [0.15, 0.2) is 5.13 Å². The topological polar surface area (TPSA) is 138 Å². The lowest BCUT2D eigenvalue weighted by Gasteiger charge is -2.21. The van der Waals surface area contributed by atoms with E-state index in [0.717, 1.165) is 16.7 Å². The van der Waals surface area contributed by atoms with E-state index in [9.17, 15) is 14.4 Å². The summed E-state index contributed by atoms with van der Waals surface area (Å²) < 4.78 is 0. The lowest BCUT2D eigenvalue weighted by molar-refractivity contribution is -0.134. The van der Waals surface area contributed by atoms with Gasteiger partial charge in [-0.2, -0.15) is 0 Å². The Kier molecular flexibility index (Phi) is 8.04. The third kappa shape index (κ3) is 6.44. The SMILES string of the molecule is Cc1nc(NCc2ccc(C3CCC(=O)NC3=O)cc2)cc(Nc2ncc(C(=O)Nc3c(C)cccc3Cl)s2)n1. The largest absolute Gasteiger partial charge is 0.366 e. The van der Waals surface area contributed by atoms with Gasteiger partial charge >= 0.3 is 0 Å². The van der Waals surface area contributed by atoms with E-state index in [4.69, 9.17) is 11.6 Å². The number of nitrogens with one attached hydrogen (secondary N) is 4. The summed E-state index contributed by atoms with van der Waals surface area (Å²) in [5.41, 5.74) is 3.33. The highest BCUT2D eigenvalue weighted by Crippen LogP contribution is 2.28. The molecule has 3 heterocycles. The predicted octanol–water partition coefficient (Wildman–Crippen LogP) is 5.33. The second-order valence-electron chi connectivity index (χ2n) is 9.32. The number of nitrogens with zero attached hydrogens (tertiary/aromatic N) is 3. The molecule has 4 N–H and O–H groups in total. The quantitative estimate of drug-likeness (QED) is 0.207. The zero-order chi connectivity index (χ0) is 28.2. The molecule has 4 aromatic rings. The molecule has 2 aromatic carbocycles. The maximum absolute atomic E-state index is 12.8. The number of halogens is 1. The Morgan fingerprint density at radius 1 is 1.10 bits per heavy atom. The Morgan fingerprint density at radius 2 is 1.88 bits per heavy atom. The van der Waals surface area contributed by atoms with E-state index in [1.165, 1.54) is 17.5 Å². The van der Waals surface area contributed by atoms with Gasteiger partial charge in [-0.25, -0.2) is 15.0 Å². The fourth-order valence-electron chi connectivity index (χ4n) is 4.31. The van der Waals surface area contributed by atoms with Gasteiger partial charge in [0.05, 0.1) is 22.8 Å². The van der Waals surface area contributed by atoms with Crippen molar-refractivity contribution < 1.29 is 14.4 Å². The molecule has 0 radical (unpaired) electrons. The summed E-state index contributed by atoms with van der Waals surface area (Å²) in [5.74, 6) is 0.633. The van der Waals surface area contributed by atoms with Crippen molar-refractivity contribution in [2.45, 2.75) is 39.2 Å². The van der Waals surface area contributed by atoms with Gasteiger partial charge in [0, 0.05) is 19.0 Å². The number of rotatable bonds is 8. The summed E-state index contributed by atoms with van der Waals surface area (Å²) in [7, 11) is 0. The molecule has 204 valence electrons. The summed E-state index contributed by atoms with van der Waals surface area (Å²) in [6.45, 7) is 4.17. The number of aryl methyl sites for hydroxylation is 2. The molecule has 1 saturated heterocycles. The number of amides is 3. The van der Waals surface area contributed by atoms with Crippen molar-refractivity contribution in [1.82, 2.24) is 20.3 Å². The smallest absolute Gasteiger partial charge is 0.267 e. The number of para-hydroxylation sites is 1. The van der Waals surface area contributed by atoms with Crippen LogP contribution < -0.4 is 21.3 Å². The van der Waals surface area contributed by atoms with Crippen LogP contribution in [0.5, 0.6) is 0 Å². The predicted molar refractivity (Wildman–Crippen MR) is 155 cm³/mol. The second kappa shape index (κ2) is 11.8. The summed E-state index contributed by atoms with van der Waals surface area (Å²) in [5, 5.41) is 12.7. The van der Waals surface area contributed by atoms with E-state index < -0.39 is 0 Å². The summed E-state index contributed by atoms with van der Waals surface area (Å²) >= 11 is 7.43. The monoisotopic (exact) mass is 575 g/mol. The highest BCUT2D eigenvalue weighted by molar-refractivity contribution is 7.17. The van der Waals surface area contributed by atoms with Crippen LogP contribution in [-0.2, 0) is 16.1 Å². The van der Waals surface area contributed by atoms with E-state index in [2.05, 4.69) is 36.2 Å². The molecule has 12 heteroatoms. The number of hydrogen-bond acceptors (Lipinski definition) is 9. The zero-order valence-corrected chi connectivity index (χ0v) is 23.3. The average molecular weight is 576 g/mol. The minimum Gasteiger partial charge on any atom is -0.366 e. The van der Waals surface area contributed by atoms with Crippen molar-refractivity contribution >= 4 is 63.1 Å². The molecule has 1 atom stereocenters. The first-order valence-electron chi connectivity index (χ1n) is 12.6. The van der Waals surface area contributed by atoms with Crippen molar-refractivity contribution in [2.24, 2.45) is 0 Å². The van der Waals surface area contributed by atoms with Crippen molar-refractivity contribution in [1.29, 1.82) is 0 Å². The van der Waals surface area contributed by atoms with Gasteiger partial charge in [0.2, 0.25) is 11.8 Å². The normalized spacial score (nSPS) is 14.9. The molecule has 10 nitrogen and oxygen atoms in total. The maximum atomic E-state index is 12.8. The molecular formula is C28H26ClN7O3S. The standard InChI is InChI=1S/C28H26ClN7O3S/c1-15-4-3-5-20(29)25(15)36-27(39)21-14-31-28(40-21)34-23-12-22(32-16(2)33-23)30-13-17-6-8-18(9-7-17)19-10-11-24(37)35-26(19)38/h3-9,12,14,19H,10-11,13H2,1-2H3,(H,36,39)(H,35,37,38)(H2,30,31,32,33,34). The van der Waals surface area contributed by atoms with Crippen LogP contribution in [-0.4, -0.2) is 32.7 Å². The van der Waals surface area contributed by atoms with E-state index in [-0.39, 0.29) is 23.6 Å². The van der Waals surface area contributed by atoms with Crippen LogP contribution >= 0.6 is 22.9 Å². The van der Waals surface area contributed by atoms with Gasteiger partial charge in [-0.3, -0.25) is 19.7 Å². The van der Waals surface area contributed by atoms with Crippen LogP contribution in [0.25, 0.3) is 0 Å². The van der Waals surface area contributed by atoms with Crippen LogP contribution in [0.2, 0.25) is 5.02 Å². The molecule has 0 aliphatic carbocycles. The van der Waals surface area contributed by atoms with E-state index in [1.54, 1.807) is 19.1 Å². The van der Waals surface area contributed by atoms with Crippen LogP contribution in [0, 0.1) is 13.8 Å². The first-order valence-corrected chi connectivity index (χ1v) is 13.8. The van der Waals surface area contributed by atoms with Gasteiger partial charge in [-0.05, 0) is 43.0 Å². The molecule has 1 unspecified atom stereocenters. The number of carbonyl (C=O) groups excluding carboxylic acids is 3. The van der Waals surface area contributed by atoms with Gasteiger partial charge in [0.25, 0.3) is 5.91 Å². The number of carbonyl (C=O) groups is 3. The highest BCUT2D eigenvalue weighted by atomic mass is 35.5. The van der Waals surface area contributed by atoms with Crippen molar-refractivity contribution in [3.63, 3.8) is 0 Å². The number of benzene rings is 2. The average Bonchev–Trinajstić information content (AvgIpc) is 3.38. The molecule has 5 rings (SSSR count). The van der Waals surface area contributed by atoms with Crippen molar-refractivity contribution in [2.75, 3.05) is 16.0 Å². The van der Waals surface area contributed by atoms with Crippen molar-refractivity contribution in [3.05, 3.63) is 87.1 Å². The molecule has 2 aromatic heterocycles. The van der Waals surface area contributed by atoms with E-state index in [0.29, 0.717) is 57.6 Å².